The van der Waals surface area contributed by atoms with E-state index in [1.165, 1.54) is 0 Å². The lowest BCUT2D eigenvalue weighted by molar-refractivity contribution is 0.0750. The third-order valence-electron chi connectivity index (χ3n) is 3.80. The fourth-order valence-electron chi connectivity index (χ4n) is 2.64. The zero-order valence-electron chi connectivity index (χ0n) is 12.5. The van der Waals surface area contributed by atoms with Crippen molar-refractivity contribution < 1.29 is 9.32 Å². The van der Waals surface area contributed by atoms with Crippen LogP contribution in [0, 0.1) is 0 Å². The summed E-state index contributed by atoms with van der Waals surface area (Å²) in [5, 5.41) is 6.61. The van der Waals surface area contributed by atoms with Crippen LogP contribution in [-0.2, 0) is 0 Å². The van der Waals surface area contributed by atoms with Gasteiger partial charge in [0.25, 0.3) is 5.91 Å². The van der Waals surface area contributed by atoms with E-state index in [2.05, 4.69) is 5.16 Å². The third kappa shape index (κ3) is 2.97. The second kappa shape index (κ2) is 6.63. The third-order valence-corrected chi connectivity index (χ3v) is 6.20. The molecule has 1 aliphatic rings. The summed E-state index contributed by atoms with van der Waals surface area (Å²) in [5.74, 6) is 1.42. The summed E-state index contributed by atoms with van der Waals surface area (Å²) in [6.07, 6.45) is 0. The Bertz CT molecular complexity index is 846. The van der Waals surface area contributed by atoms with Gasteiger partial charge < -0.3 is 9.42 Å². The molecule has 4 nitrogen and oxygen atoms in total. The first-order valence-corrected chi connectivity index (χ1v) is 9.71. The van der Waals surface area contributed by atoms with Crippen molar-refractivity contribution in [2.24, 2.45) is 0 Å². The van der Waals surface area contributed by atoms with Gasteiger partial charge in [0, 0.05) is 23.4 Å². The molecule has 1 amide bonds. The van der Waals surface area contributed by atoms with E-state index in [0.717, 1.165) is 16.2 Å². The van der Waals surface area contributed by atoms with Crippen molar-refractivity contribution >= 4 is 40.6 Å². The highest BCUT2D eigenvalue weighted by Gasteiger charge is 2.32. The number of carbonyl (C=O) groups is 1. The Balaban J connectivity index is 1.58. The first-order valence-electron chi connectivity index (χ1n) is 7.41. The van der Waals surface area contributed by atoms with Crippen LogP contribution >= 0.6 is 34.7 Å². The van der Waals surface area contributed by atoms with Gasteiger partial charge in [-0.1, -0.05) is 35.0 Å². The van der Waals surface area contributed by atoms with Crippen LogP contribution in [-0.4, -0.2) is 28.3 Å². The van der Waals surface area contributed by atoms with Crippen LogP contribution in [0.2, 0.25) is 5.02 Å². The number of hydrogen-bond acceptors (Lipinski definition) is 5. The van der Waals surface area contributed by atoms with Gasteiger partial charge in [0.1, 0.15) is 5.37 Å². The van der Waals surface area contributed by atoms with Crippen molar-refractivity contribution in [3.05, 3.63) is 64.1 Å². The van der Waals surface area contributed by atoms with Crippen molar-refractivity contribution in [3.8, 4) is 10.6 Å². The standard InChI is InChI=1S/C17H13ClN2O2S2/c18-12-5-3-11(4-6-12)17-20(7-9-24-17)16(21)13-10-14(22-19-13)15-2-1-8-23-15/h1-6,8,10,17H,7,9H2. The summed E-state index contributed by atoms with van der Waals surface area (Å²) in [4.78, 5) is 15.6. The lowest BCUT2D eigenvalue weighted by Crippen LogP contribution is -2.30. The van der Waals surface area contributed by atoms with Crippen molar-refractivity contribution in [2.45, 2.75) is 5.37 Å². The molecule has 1 fully saturated rings. The van der Waals surface area contributed by atoms with E-state index in [1.54, 1.807) is 29.2 Å². The summed E-state index contributed by atoms with van der Waals surface area (Å²) < 4.78 is 5.34. The predicted octanol–water partition coefficient (Wildman–Crippen LogP) is 4.94. The minimum absolute atomic E-state index is 0.0170. The Morgan fingerprint density at radius 2 is 2.12 bits per heavy atom. The number of rotatable bonds is 3. The van der Waals surface area contributed by atoms with Crippen LogP contribution in [0.5, 0.6) is 0 Å². The lowest BCUT2D eigenvalue weighted by Gasteiger charge is -2.23. The van der Waals surface area contributed by atoms with Crippen LogP contribution in [0.4, 0.5) is 0 Å². The van der Waals surface area contributed by atoms with E-state index in [9.17, 15) is 4.79 Å². The van der Waals surface area contributed by atoms with E-state index in [-0.39, 0.29) is 11.3 Å². The van der Waals surface area contributed by atoms with Crippen LogP contribution in [0.15, 0.2) is 52.4 Å². The number of benzene rings is 1. The van der Waals surface area contributed by atoms with Crippen molar-refractivity contribution in [3.63, 3.8) is 0 Å². The maximum Gasteiger partial charge on any atom is 0.277 e. The predicted molar refractivity (Wildman–Crippen MR) is 97.5 cm³/mol. The highest BCUT2D eigenvalue weighted by Crippen LogP contribution is 2.39. The molecule has 0 bridgehead atoms. The van der Waals surface area contributed by atoms with Crippen molar-refractivity contribution in [1.82, 2.24) is 10.1 Å². The molecule has 3 heterocycles. The molecule has 1 aliphatic heterocycles. The Labute approximate surface area is 152 Å². The smallest absolute Gasteiger partial charge is 0.277 e. The SMILES string of the molecule is O=C(c1cc(-c2cccs2)on1)N1CCSC1c1ccc(Cl)cc1. The highest BCUT2D eigenvalue weighted by atomic mass is 35.5. The van der Waals surface area contributed by atoms with Crippen molar-refractivity contribution in [2.75, 3.05) is 12.3 Å². The molecular weight excluding hydrogens is 364 g/mol. The second-order valence-corrected chi connectivity index (χ2v) is 7.90. The fraction of sp³-hybridized carbons (Fsp3) is 0.176. The quantitative estimate of drug-likeness (QED) is 0.649. The van der Waals surface area contributed by atoms with Gasteiger partial charge in [-0.15, -0.1) is 23.1 Å². The summed E-state index contributed by atoms with van der Waals surface area (Å²) in [5.41, 5.74) is 1.41. The summed E-state index contributed by atoms with van der Waals surface area (Å²) >= 11 is 9.26. The molecule has 4 rings (SSSR count). The molecule has 0 N–H and O–H groups in total. The zero-order chi connectivity index (χ0) is 16.5. The second-order valence-electron chi connectivity index (χ2n) is 5.33. The normalized spacial score (nSPS) is 17.4. The van der Waals surface area contributed by atoms with Crippen LogP contribution in [0.3, 0.4) is 0 Å². The Kier molecular flexibility index (Phi) is 4.35. The zero-order valence-corrected chi connectivity index (χ0v) is 14.9. The van der Waals surface area contributed by atoms with Crippen LogP contribution in [0.1, 0.15) is 21.4 Å². The van der Waals surface area contributed by atoms with Gasteiger partial charge in [0.2, 0.25) is 0 Å². The van der Waals surface area contributed by atoms with Gasteiger partial charge in [0.05, 0.1) is 4.88 Å². The van der Waals surface area contributed by atoms with E-state index >= 15 is 0 Å². The molecule has 0 aliphatic carbocycles. The van der Waals surface area contributed by atoms with E-state index < -0.39 is 0 Å². The van der Waals surface area contributed by atoms with Gasteiger partial charge in [-0.2, -0.15) is 0 Å². The highest BCUT2D eigenvalue weighted by molar-refractivity contribution is 7.99. The largest absolute Gasteiger partial charge is 0.355 e. The maximum atomic E-state index is 12.8. The fourth-order valence-corrected chi connectivity index (χ4v) is 4.69. The van der Waals surface area contributed by atoms with Gasteiger partial charge in [0.15, 0.2) is 11.5 Å². The molecule has 0 saturated carbocycles. The molecule has 2 aromatic heterocycles. The number of thiophene rings is 1. The molecule has 24 heavy (non-hydrogen) atoms. The number of halogens is 1. The Morgan fingerprint density at radius 1 is 1.29 bits per heavy atom. The first kappa shape index (κ1) is 15.7. The molecule has 1 atom stereocenters. The molecule has 1 aromatic carbocycles. The van der Waals surface area contributed by atoms with E-state index in [4.69, 9.17) is 16.1 Å². The molecule has 7 heteroatoms. The average Bonchev–Trinajstić information content (AvgIpc) is 3.34. The Morgan fingerprint density at radius 3 is 2.88 bits per heavy atom. The van der Waals surface area contributed by atoms with Crippen LogP contribution < -0.4 is 0 Å². The number of amides is 1. The molecule has 0 radical (unpaired) electrons. The number of nitrogens with zero attached hydrogens (tertiary/aromatic N) is 2. The minimum Gasteiger partial charge on any atom is -0.355 e. The van der Waals surface area contributed by atoms with Gasteiger partial charge in [-0.3, -0.25) is 4.79 Å². The summed E-state index contributed by atoms with van der Waals surface area (Å²) in [7, 11) is 0. The molecule has 122 valence electrons. The monoisotopic (exact) mass is 376 g/mol. The van der Waals surface area contributed by atoms with Gasteiger partial charge in [-0.05, 0) is 29.1 Å². The number of carbonyl (C=O) groups excluding carboxylic acids is 1. The minimum atomic E-state index is -0.105. The first-order chi connectivity index (χ1) is 11.7. The van der Waals surface area contributed by atoms with Gasteiger partial charge in [-0.25, -0.2) is 0 Å². The van der Waals surface area contributed by atoms with Crippen molar-refractivity contribution in [1.29, 1.82) is 0 Å². The molecule has 0 spiro atoms. The number of hydrogen-bond donors (Lipinski definition) is 0. The van der Waals surface area contributed by atoms with Crippen LogP contribution in [0.25, 0.3) is 10.6 Å². The van der Waals surface area contributed by atoms with Gasteiger partial charge >= 0.3 is 0 Å². The molecule has 1 unspecified atom stereocenters. The molecule has 3 aromatic rings. The van der Waals surface area contributed by atoms with E-state index in [0.29, 0.717) is 23.0 Å². The van der Waals surface area contributed by atoms with E-state index in [1.807, 2.05) is 46.7 Å². The Hall–Kier alpha value is -1.76. The lowest BCUT2D eigenvalue weighted by atomic mass is 10.2. The maximum absolute atomic E-state index is 12.8. The topological polar surface area (TPSA) is 46.3 Å². The summed E-state index contributed by atoms with van der Waals surface area (Å²) in [6.45, 7) is 0.692. The molecule has 1 saturated heterocycles. The molecular formula is C17H13ClN2O2S2. The summed E-state index contributed by atoms with van der Waals surface area (Å²) in [6, 6.07) is 13.2. The average molecular weight is 377 g/mol. The number of thioether (sulfide) groups is 1. The number of aromatic nitrogens is 1.